The number of hydrogen-bond acceptors (Lipinski definition) is 2. The van der Waals surface area contributed by atoms with Gasteiger partial charge in [-0.2, -0.15) is 0 Å². The van der Waals surface area contributed by atoms with Gasteiger partial charge in [0.05, 0.1) is 5.56 Å². The van der Waals surface area contributed by atoms with Crippen molar-refractivity contribution < 1.29 is 14.7 Å². The van der Waals surface area contributed by atoms with Crippen LogP contribution in [0.4, 0.5) is 0 Å². The quantitative estimate of drug-likeness (QED) is 0.885. The number of hydrogen-bond donors (Lipinski definition) is 1. The first-order valence-electron chi connectivity index (χ1n) is 9.19. The molecule has 0 spiro atoms. The third kappa shape index (κ3) is 3.96. The van der Waals surface area contributed by atoms with Crippen molar-refractivity contribution >= 4 is 11.9 Å². The molecule has 4 heteroatoms. The van der Waals surface area contributed by atoms with Crippen LogP contribution in [0.25, 0.3) is 0 Å². The first-order valence-corrected chi connectivity index (χ1v) is 9.19. The molecule has 0 saturated carbocycles. The van der Waals surface area contributed by atoms with Gasteiger partial charge in [0.25, 0.3) is 0 Å². The van der Waals surface area contributed by atoms with Gasteiger partial charge in [-0.05, 0) is 53.1 Å². The molecule has 136 valence electrons. The number of aromatic carboxylic acids is 1. The summed E-state index contributed by atoms with van der Waals surface area (Å²) in [5, 5.41) is 9.16. The molecule has 1 aliphatic rings. The third-order valence-corrected chi connectivity index (χ3v) is 5.26. The summed E-state index contributed by atoms with van der Waals surface area (Å²) in [6, 6.07) is 13.7. The number of fused-ring (bicyclic) bond motifs is 1. The van der Waals surface area contributed by atoms with Gasteiger partial charge in [0, 0.05) is 19.5 Å². The molecule has 3 rings (SSSR count). The van der Waals surface area contributed by atoms with Gasteiger partial charge in [-0.1, -0.05) is 44.2 Å². The van der Waals surface area contributed by atoms with Crippen molar-refractivity contribution in [2.75, 3.05) is 6.54 Å². The van der Waals surface area contributed by atoms with Gasteiger partial charge >= 0.3 is 5.97 Å². The highest BCUT2D eigenvalue weighted by Crippen LogP contribution is 2.25. The molecule has 2 aromatic carbocycles. The molecule has 2 aromatic rings. The Kier molecular flexibility index (Phi) is 5.40. The molecule has 0 radical (unpaired) electrons. The van der Waals surface area contributed by atoms with Gasteiger partial charge < -0.3 is 10.0 Å². The molecule has 0 aromatic heterocycles. The van der Waals surface area contributed by atoms with Gasteiger partial charge in [0.2, 0.25) is 5.91 Å². The molecule has 1 aliphatic heterocycles. The molecule has 0 saturated heterocycles. The Morgan fingerprint density at radius 1 is 1.12 bits per heavy atom. The zero-order valence-electron chi connectivity index (χ0n) is 15.4. The zero-order valence-corrected chi connectivity index (χ0v) is 15.4. The van der Waals surface area contributed by atoms with Crippen LogP contribution in [0, 0.1) is 0 Å². The van der Waals surface area contributed by atoms with E-state index in [-0.39, 0.29) is 17.4 Å². The van der Waals surface area contributed by atoms with Gasteiger partial charge in [0.1, 0.15) is 0 Å². The van der Waals surface area contributed by atoms with Gasteiger partial charge in [-0.25, -0.2) is 4.79 Å². The van der Waals surface area contributed by atoms with Crippen LogP contribution in [-0.2, 0) is 24.2 Å². The summed E-state index contributed by atoms with van der Waals surface area (Å²) in [4.78, 5) is 25.8. The first-order chi connectivity index (χ1) is 12.5. The molecular weight excluding hydrogens is 326 g/mol. The minimum absolute atomic E-state index is 0.128. The second-order valence-electron chi connectivity index (χ2n) is 7.05. The lowest BCUT2D eigenvalue weighted by Crippen LogP contribution is -2.36. The van der Waals surface area contributed by atoms with Gasteiger partial charge in [0.15, 0.2) is 0 Å². The minimum Gasteiger partial charge on any atom is -0.478 e. The summed E-state index contributed by atoms with van der Waals surface area (Å²) >= 11 is 0. The number of carbonyl (C=O) groups excluding carboxylic acids is 1. The maximum atomic E-state index is 12.7. The van der Waals surface area contributed by atoms with Crippen molar-refractivity contribution in [3.05, 3.63) is 70.3 Å². The summed E-state index contributed by atoms with van der Waals surface area (Å²) in [6.45, 7) is 5.40. The summed E-state index contributed by atoms with van der Waals surface area (Å²) in [5.41, 5.74) is 4.85. The molecule has 1 atom stereocenters. The summed E-state index contributed by atoms with van der Waals surface area (Å²) in [7, 11) is 0. The normalized spacial score (nSPS) is 14.6. The highest BCUT2D eigenvalue weighted by Gasteiger charge is 2.23. The first kappa shape index (κ1) is 18.2. The lowest BCUT2D eigenvalue weighted by molar-refractivity contribution is -0.132. The molecule has 1 amide bonds. The average Bonchev–Trinajstić information content (AvgIpc) is 2.67. The van der Waals surface area contributed by atoms with E-state index in [0.717, 1.165) is 24.0 Å². The lowest BCUT2D eigenvalue weighted by Gasteiger charge is -2.30. The predicted octanol–water partition coefficient (Wildman–Crippen LogP) is 4.03. The van der Waals surface area contributed by atoms with E-state index in [0.29, 0.717) is 19.5 Å². The van der Waals surface area contributed by atoms with Crippen molar-refractivity contribution in [1.82, 2.24) is 4.90 Å². The SMILES string of the molecule is CCc1ccc(C(C)CC(=O)N2CCc3ccc(C(=O)O)cc3C2)cc1. The molecule has 0 bridgehead atoms. The number of aryl methyl sites for hydroxylation is 1. The van der Waals surface area contributed by atoms with Gasteiger partial charge in [-0.3, -0.25) is 4.79 Å². The molecule has 1 heterocycles. The van der Waals surface area contributed by atoms with E-state index >= 15 is 0 Å². The van der Waals surface area contributed by atoms with Crippen LogP contribution >= 0.6 is 0 Å². The number of nitrogens with zero attached hydrogens (tertiary/aromatic N) is 1. The molecule has 4 nitrogen and oxygen atoms in total. The summed E-state index contributed by atoms with van der Waals surface area (Å²) < 4.78 is 0. The van der Waals surface area contributed by atoms with Crippen LogP contribution in [0.5, 0.6) is 0 Å². The Balaban J connectivity index is 1.66. The monoisotopic (exact) mass is 351 g/mol. The largest absolute Gasteiger partial charge is 0.478 e. The fraction of sp³-hybridized carbons (Fsp3) is 0.364. The van der Waals surface area contributed by atoms with E-state index in [2.05, 4.69) is 38.1 Å². The van der Waals surface area contributed by atoms with E-state index in [1.807, 2.05) is 11.0 Å². The van der Waals surface area contributed by atoms with Crippen LogP contribution in [0.2, 0.25) is 0 Å². The standard InChI is InChI=1S/C22H25NO3/c1-3-16-4-6-17(7-5-16)15(2)12-21(24)23-11-10-18-8-9-19(22(25)26)13-20(18)14-23/h4-9,13,15H,3,10-12,14H2,1-2H3,(H,25,26). The van der Waals surface area contributed by atoms with E-state index < -0.39 is 5.97 Å². The Bertz CT molecular complexity index is 811. The Hall–Kier alpha value is -2.62. The number of benzene rings is 2. The predicted molar refractivity (Wildman–Crippen MR) is 101 cm³/mol. The third-order valence-electron chi connectivity index (χ3n) is 5.26. The Morgan fingerprint density at radius 3 is 2.50 bits per heavy atom. The van der Waals surface area contributed by atoms with Crippen LogP contribution in [-0.4, -0.2) is 28.4 Å². The number of rotatable bonds is 5. The topological polar surface area (TPSA) is 57.6 Å². The molecule has 1 unspecified atom stereocenters. The molecule has 1 N–H and O–H groups in total. The molecule has 26 heavy (non-hydrogen) atoms. The average molecular weight is 351 g/mol. The maximum absolute atomic E-state index is 12.7. The molecular formula is C22H25NO3. The van der Waals surface area contributed by atoms with Crippen molar-refractivity contribution in [3.63, 3.8) is 0 Å². The summed E-state index contributed by atoms with van der Waals surface area (Å²) in [5.74, 6) is -0.635. The van der Waals surface area contributed by atoms with E-state index in [4.69, 9.17) is 5.11 Å². The van der Waals surface area contributed by atoms with Crippen molar-refractivity contribution in [1.29, 1.82) is 0 Å². The maximum Gasteiger partial charge on any atom is 0.335 e. The highest BCUT2D eigenvalue weighted by molar-refractivity contribution is 5.88. The van der Waals surface area contributed by atoms with Crippen LogP contribution in [0.1, 0.15) is 58.8 Å². The zero-order chi connectivity index (χ0) is 18.7. The fourth-order valence-corrected chi connectivity index (χ4v) is 3.49. The van der Waals surface area contributed by atoms with Crippen LogP contribution in [0.3, 0.4) is 0 Å². The van der Waals surface area contributed by atoms with E-state index in [9.17, 15) is 9.59 Å². The van der Waals surface area contributed by atoms with Crippen LogP contribution < -0.4 is 0 Å². The van der Waals surface area contributed by atoms with Crippen LogP contribution in [0.15, 0.2) is 42.5 Å². The smallest absolute Gasteiger partial charge is 0.335 e. The molecule has 0 fully saturated rings. The highest BCUT2D eigenvalue weighted by atomic mass is 16.4. The van der Waals surface area contributed by atoms with Crippen molar-refractivity contribution in [2.24, 2.45) is 0 Å². The number of carboxylic acid groups (broad SMARTS) is 1. The van der Waals surface area contributed by atoms with E-state index in [1.165, 1.54) is 11.1 Å². The molecule has 0 aliphatic carbocycles. The number of carboxylic acids is 1. The summed E-state index contributed by atoms with van der Waals surface area (Å²) in [6.07, 6.45) is 2.26. The Morgan fingerprint density at radius 2 is 1.85 bits per heavy atom. The van der Waals surface area contributed by atoms with Crippen molar-refractivity contribution in [3.8, 4) is 0 Å². The fourth-order valence-electron chi connectivity index (χ4n) is 3.49. The number of amides is 1. The lowest BCUT2D eigenvalue weighted by atomic mass is 9.94. The second kappa shape index (κ2) is 7.73. The van der Waals surface area contributed by atoms with Crippen molar-refractivity contribution in [2.45, 2.75) is 45.6 Å². The van der Waals surface area contributed by atoms with Gasteiger partial charge in [-0.15, -0.1) is 0 Å². The second-order valence-corrected chi connectivity index (χ2v) is 7.05. The van der Waals surface area contributed by atoms with E-state index in [1.54, 1.807) is 12.1 Å². The number of carbonyl (C=O) groups is 2. The Labute approximate surface area is 154 Å². The minimum atomic E-state index is -0.930.